The molecule has 20 heavy (non-hydrogen) atoms. The van der Waals surface area contributed by atoms with Crippen molar-refractivity contribution in [2.24, 2.45) is 0 Å². The molecule has 1 fully saturated rings. The second-order valence-electron chi connectivity index (χ2n) is 5.02. The Balaban J connectivity index is 2.31. The quantitative estimate of drug-likeness (QED) is 0.838. The van der Waals surface area contributed by atoms with Crippen molar-refractivity contribution in [1.29, 1.82) is 0 Å². The molecule has 1 aromatic carbocycles. The topological polar surface area (TPSA) is 64.8 Å². The van der Waals surface area contributed by atoms with Crippen LogP contribution in [0, 0.1) is 5.82 Å². The molecule has 1 aromatic rings. The van der Waals surface area contributed by atoms with Gasteiger partial charge in [-0.1, -0.05) is 0 Å². The number of anilines is 1. The molecule has 0 unspecified atom stereocenters. The van der Waals surface area contributed by atoms with Crippen LogP contribution in [-0.4, -0.2) is 43.2 Å². The molecule has 2 N–H and O–H groups in total. The van der Waals surface area contributed by atoms with E-state index in [1.54, 1.807) is 4.90 Å². The van der Waals surface area contributed by atoms with Crippen LogP contribution in [0.5, 0.6) is 5.75 Å². The molecule has 2 rings (SSSR count). The van der Waals surface area contributed by atoms with Gasteiger partial charge in [0.05, 0.1) is 30.6 Å². The van der Waals surface area contributed by atoms with Crippen molar-refractivity contribution in [1.82, 2.24) is 4.90 Å². The van der Waals surface area contributed by atoms with Crippen LogP contribution in [0.2, 0.25) is 0 Å². The Morgan fingerprint density at radius 2 is 2.00 bits per heavy atom. The highest BCUT2D eigenvalue weighted by atomic mass is 19.1. The normalized spacial score (nSPS) is 22.7. The Kier molecular flexibility index (Phi) is 4.13. The predicted molar refractivity (Wildman–Crippen MR) is 73.3 cm³/mol. The minimum Gasteiger partial charge on any atom is -0.493 e. The standard InChI is InChI=1S/C14H19FN2O3/c1-8-6-17(7-9(2)20-8)14(18)10-4-5-11(16)12(15)13(10)19-3/h4-5,8-9H,6-7,16H2,1-3H3/t8-,9+. The maximum Gasteiger partial charge on any atom is 0.257 e. The monoisotopic (exact) mass is 282 g/mol. The first kappa shape index (κ1) is 14.6. The molecule has 0 bridgehead atoms. The van der Waals surface area contributed by atoms with Gasteiger partial charge in [0.15, 0.2) is 11.6 Å². The summed E-state index contributed by atoms with van der Waals surface area (Å²) >= 11 is 0. The molecule has 1 heterocycles. The van der Waals surface area contributed by atoms with Crippen LogP contribution in [0.3, 0.4) is 0 Å². The third-order valence-electron chi connectivity index (χ3n) is 3.27. The van der Waals surface area contributed by atoms with Gasteiger partial charge in [0.1, 0.15) is 0 Å². The van der Waals surface area contributed by atoms with E-state index in [-0.39, 0.29) is 35.1 Å². The van der Waals surface area contributed by atoms with Gasteiger partial charge >= 0.3 is 0 Å². The van der Waals surface area contributed by atoms with Crippen LogP contribution in [0.15, 0.2) is 12.1 Å². The zero-order valence-corrected chi connectivity index (χ0v) is 11.9. The SMILES string of the molecule is COc1c(C(=O)N2C[C@@H](C)O[C@@H](C)C2)ccc(N)c1F. The lowest BCUT2D eigenvalue weighted by Gasteiger charge is -2.35. The van der Waals surface area contributed by atoms with Gasteiger partial charge in [-0.15, -0.1) is 0 Å². The highest BCUT2D eigenvalue weighted by Gasteiger charge is 2.29. The van der Waals surface area contributed by atoms with E-state index in [4.69, 9.17) is 15.2 Å². The van der Waals surface area contributed by atoms with Crippen LogP contribution in [0.4, 0.5) is 10.1 Å². The smallest absolute Gasteiger partial charge is 0.257 e. The second-order valence-corrected chi connectivity index (χ2v) is 5.02. The molecule has 0 aromatic heterocycles. The van der Waals surface area contributed by atoms with Crippen molar-refractivity contribution >= 4 is 11.6 Å². The van der Waals surface area contributed by atoms with Crippen LogP contribution in [0.25, 0.3) is 0 Å². The first-order valence-corrected chi connectivity index (χ1v) is 6.50. The molecule has 0 radical (unpaired) electrons. The summed E-state index contributed by atoms with van der Waals surface area (Å²) in [5.41, 5.74) is 5.63. The van der Waals surface area contributed by atoms with Crippen LogP contribution in [0.1, 0.15) is 24.2 Å². The number of carbonyl (C=O) groups excluding carboxylic acids is 1. The Hall–Kier alpha value is -1.82. The Morgan fingerprint density at radius 1 is 1.40 bits per heavy atom. The average molecular weight is 282 g/mol. The summed E-state index contributed by atoms with van der Waals surface area (Å²) in [4.78, 5) is 14.2. The van der Waals surface area contributed by atoms with Crippen molar-refractivity contribution < 1.29 is 18.7 Å². The van der Waals surface area contributed by atoms with E-state index in [0.717, 1.165) is 0 Å². The van der Waals surface area contributed by atoms with E-state index in [9.17, 15) is 9.18 Å². The second kappa shape index (κ2) is 5.66. The highest BCUT2D eigenvalue weighted by Crippen LogP contribution is 2.28. The lowest BCUT2D eigenvalue weighted by atomic mass is 10.1. The summed E-state index contributed by atoms with van der Waals surface area (Å²) in [5.74, 6) is -1.09. The van der Waals surface area contributed by atoms with Gasteiger partial charge in [-0.3, -0.25) is 4.79 Å². The van der Waals surface area contributed by atoms with E-state index < -0.39 is 5.82 Å². The summed E-state index contributed by atoms with van der Waals surface area (Å²) in [7, 11) is 1.32. The third-order valence-corrected chi connectivity index (χ3v) is 3.27. The molecule has 0 aliphatic carbocycles. The first-order valence-electron chi connectivity index (χ1n) is 6.50. The van der Waals surface area contributed by atoms with E-state index in [1.807, 2.05) is 13.8 Å². The molecule has 6 heteroatoms. The lowest BCUT2D eigenvalue weighted by molar-refractivity contribution is -0.0586. The number of ether oxygens (including phenoxy) is 2. The molecule has 0 saturated carbocycles. The van der Waals surface area contributed by atoms with Gasteiger partial charge in [-0.05, 0) is 26.0 Å². The fourth-order valence-electron chi connectivity index (χ4n) is 2.45. The third kappa shape index (κ3) is 2.70. The van der Waals surface area contributed by atoms with Gasteiger partial charge in [-0.25, -0.2) is 4.39 Å². The van der Waals surface area contributed by atoms with Crippen LogP contribution in [-0.2, 0) is 4.74 Å². The number of hydrogen-bond acceptors (Lipinski definition) is 4. The Bertz CT molecular complexity index is 511. The number of benzene rings is 1. The van der Waals surface area contributed by atoms with E-state index >= 15 is 0 Å². The largest absolute Gasteiger partial charge is 0.493 e. The molecular formula is C14H19FN2O3. The van der Waals surface area contributed by atoms with Gasteiger partial charge in [0.25, 0.3) is 5.91 Å². The molecule has 1 aliphatic rings. The molecule has 5 nitrogen and oxygen atoms in total. The Labute approximate surface area is 117 Å². The fraction of sp³-hybridized carbons (Fsp3) is 0.500. The van der Waals surface area contributed by atoms with E-state index in [1.165, 1.54) is 19.2 Å². The van der Waals surface area contributed by atoms with Crippen molar-refractivity contribution in [2.45, 2.75) is 26.1 Å². The molecular weight excluding hydrogens is 263 g/mol. The van der Waals surface area contributed by atoms with Crippen molar-refractivity contribution in [2.75, 3.05) is 25.9 Å². The maximum atomic E-state index is 13.9. The fourth-order valence-corrected chi connectivity index (χ4v) is 2.45. The molecule has 2 atom stereocenters. The number of carbonyl (C=O) groups is 1. The number of morpholine rings is 1. The van der Waals surface area contributed by atoms with Gasteiger partial charge in [0, 0.05) is 13.1 Å². The molecule has 1 saturated heterocycles. The van der Waals surface area contributed by atoms with Crippen LogP contribution < -0.4 is 10.5 Å². The van der Waals surface area contributed by atoms with Crippen LogP contribution >= 0.6 is 0 Å². The van der Waals surface area contributed by atoms with Crippen molar-refractivity contribution in [3.8, 4) is 5.75 Å². The molecule has 0 spiro atoms. The van der Waals surface area contributed by atoms with Gasteiger partial charge < -0.3 is 20.1 Å². The molecule has 1 aliphatic heterocycles. The summed E-state index contributed by atoms with van der Waals surface area (Å²) < 4.78 is 24.5. The number of nitrogen functional groups attached to an aromatic ring is 1. The summed E-state index contributed by atoms with van der Waals surface area (Å²) in [5, 5.41) is 0. The summed E-state index contributed by atoms with van der Waals surface area (Å²) in [6, 6.07) is 2.86. The number of rotatable bonds is 2. The van der Waals surface area contributed by atoms with Crippen molar-refractivity contribution in [3.05, 3.63) is 23.5 Å². The molecule has 110 valence electrons. The number of nitrogens with two attached hydrogens (primary N) is 1. The maximum absolute atomic E-state index is 13.9. The average Bonchev–Trinajstić information content (AvgIpc) is 2.39. The predicted octanol–water partition coefficient (Wildman–Crippen LogP) is 1.67. The molecule has 1 amide bonds. The van der Waals surface area contributed by atoms with Gasteiger partial charge in [-0.2, -0.15) is 0 Å². The number of methoxy groups -OCH3 is 1. The highest BCUT2D eigenvalue weighted by molar-refractivity contribution is 5.97. The number of halogens is 1. The van der Waals surface area contributed by atoms with E-state index in [2.05, 4.69) is 0 Å². The number of amides is 1. The van der Waals surface area contributed by atoms with Gasteiger partial charge in [0.2, 0.25) is 0 Å². The summed E-state index contributed by atoms with van der Waals surface area (Å²) in [6.07, 6.45) is -0.0975. The van der Waals surface area contributed by atoms with E-state index in [0.29, 0.717) is 13.1 Å². The number of hydrogen-bond donors (Lipinski definition) is 1. The minimum absolute atomic E-state index is 0.0397. The minimum atomic E-state index is -0.701. The lowest BCUT2D eigenvalue weighted by Crippen LogP contribution is -2.48. The zero-order chi connectivity index (χ0) is 14.9. The number of nitrogens with zero attached hydrogens (tertiary/aromatic N) is 1. The first-order chi connectivity index (χ1) is 9.43. The Morgan fingerprint density at radius 3 is 2.55 bits per heavy atom. The van der Waals surface area contributed by atoms with Crippen molar-refractivity contribution in [3.63, 3.8) is 0 Å². The summed E-state index contributed by atoms with van der Waals surface area (Å²) in [6.45, 7) is 4.74. The zero-order valence-electron chi connectivity index (χ0n) is 11.9.